The van der Waals surface area contributed by atoms with Crippen LogP contribution < -0.4 is 15.9 Å². The number of ether oxygens (including phenoxy) is 1. The topological polar surface area (TPSA) is 26.3 Å². The van der Waals surface area contributed by atoms with Crippen molar-refractivity contribution in [1.82, 2.24) is 0 Å². The van der Waals surface area contributed by atoms with E-state index in [1.54, 1.807) is 0 Å². The van der Waals surface area contributed by atoms with Gasteiger partial charge >= 0.3 is 5.97 Å². The van der Waals surface area contributed by atoms with E-state index >= 15 is 0 Å². The summed E-state index contributed by atoms with van der Waals surface area (Å²) in [4.78, 5) is 11.8. The van der Waals surface area contributed by atoms with Crippen LogP contribution in [0, 0.1) is 0 Å². The molecule has 26 heavy (non-hydrogen) atoms. The van der Waals surface area contributed by atoms with Gasteiger partial charge in [-0.3, -0.25) is 4.79 Å². The van der Waals surface area contributed by atoms with Gasteiger partial charge in [0.25, 0.3) is 0 Å². The molecule has 0 spiro atoms. The van der Waals surface area contributed by atoms with Gasteiger partial charge in [0.2, 0.25) is 0 Å². The fourth-order valence-corrected chi connectivity index (χ4v) is 5.50. The molecule has 0 aliphatic rings. The molecule has 0 radical (unpaired) electrons. The van der Waals surface area contributed by atoms with Crippen LogP contribution in [0.1, 0.15) is 31.9 Å². The van der Waals surface area contributed by atoms with E-state index in [-0.39, 0.29) is 12.1 Å². The molecule has 3 rings (SSSR count). The van der Waals surface area contributed by atoms with Crippen molar-refractivity contribution in [3.8, 4) is 0 Å². The Morgan fingerprint density at radius 2 is 1.35 bits per heavy atom. The summed E-state index contributed by atoms with van der Waals surface area (Å²) in [7, 11) is -0.720. The van der Waals surface area contributed by atoms with Gasteiger partial charge in [0.15, 0.2) is 0 Å². The molecule has 0 saturated carbocycles. The molecule has 3 aromatic carbocycles. The van der Waals surface area contributed by atoms with E-state index in [1.165, 1.54) is 15.9 Å². The lowest BCUT2D eigenvalue weighted by Crippen LogP contribution is -2.25. The van der Waals surface area contributed by atoms with Crippen LogP contribution in [0.4, 0.5) is 0 Å². The number of esters is 1. The van der Waals surface area contributed by atoms with Gasteiger partial charge in [-0.15, -0.1) is 0 Å². The van der Waals surface area contributed by atoms with Crippen molar-refractivity contribution in [2.24, 2.45) is 0 Å². The molecule has 0 unspecified atom stereocenters. The molecule has 3 heteroatoms. The number of hydrogen-bond acceptors (Lipinski definition) is 2. The van der Waals surface area contributed by atoms with E-state index in [9.17, 15) is 4.79 Å². The third kappa shape index (κ3) is 4.20. The third-order valence-electron chi connectivity index (χ3n) is 4.24. The Morgan fingerprint density at radius 1 is 0.846 bits per heavy atom. The van der Waals surface area contributed by atoms with E-state index in [0.717, 1.165) is 5.56 Å². The summed E-state index contributed by atoms with van der Waals surface area (Å²) in [6.45, 7) is 3.78. The Bertz CT molecular complexity index is 807. The highest BCUT2D eigenvalue weighted by Crippen LogP contribution is 2.36. The van der Waals surface area contributed by atoms with Gasteiger partial charge in [0, 0.05) is 12.0 Å². The van der Waals surface area contributed by atoms with E-state index in [2.05, 4.69) is 66.7 Å². The van der Waals surface area contributed by atoms with Crippen molar-refractivity contribution in [2.75, 3.05) is 0 Å². The quantitative estimate of drug-likeness (QED) is 0.478. The van der Waals surface area contributed by atoms with Crippen molar-refractivity contribution >= 4 is 29.8 Å². The first-order valence-corrected chi connectivity index (χ1v) is 10.2. The monoisotopic (exact) mass is 362 g/mol. The van der Waals surface area contributed by atoms with Crippen LogP contribution in [-0.2, 0) is 9.53 Å². The van der Waals surface area contributed by atoms with Gasteiger partial charge in [0.05, 0.1) is 0 Å². The first kappa shape index (κ1) is 18.4. The van der Waals surface area contributed by atoms with Crippen LogP contribution in [0.25, 0.3) is 0 Å². The molecular formula is C23H23O2P. The molecule has 0 aromatic heterocycles. The maximum atomic E-state index is 11.8. The number of carbonyl (C=O) groups is 1. The molecule has 3 aromatic rings. The smallest absolute Gasteiger partial charge is 0.306 e. The molecule has 0 bridgehead atoms. The lowest BCUT2D eigenvalue weighted by molar-refractivity contribution is -0.148. The fraction of sp³-hybridized carbons (Fsp3) is 0.174. The summed E-state index contributed by atoms with van der Waals surface area (Å²) >= 11 is 0. The van der Waals surface area contributed by atoms with Crippen LogP contribution in [0.3, 0.4) is 0 Å². The molecule has 0 saturated heterocycles. The second-order valence-electron chi connectivity index (χ2n) is 6.05. The van der Waals surface area contributed by atoms with Gasteiger partial charge in [-0.1, -0.05) is 91.9 Å². The number of benzene rings is 3. The van der Waals surface area contributed by atoms with Crippen molar-refractivity contribution in [2.45, 2.75) is 26.4 Å². The maximum absolute atomic E-state index is 11.8. The molecule has 0 aliphatic carbocycles. The van der Waals surface area contributed by atoms with E-state index in [4.69, 9.17) is 4.74 Å². The minimum absolute atomic E-state index is 0.170. The van der Waals surface area contributed by atoms with Crippen molar-refractivity contribution < 1.29 is 9.53 Å². The lowest BCUT2D eigenvalue weighted by atomic mass is 10.1. The highest BCUT2D eigenvalue weighted by Gasteiger charge is 2.22. The molecule has 0 N–H and O–H groups in total. The summed E-state index contributed by atoms with van der Waals surface area (Å²) in [5.74, 6) is -0.170. The normalized spacial score (nSPS) is 12.0. The van der Waals surface area contributed by atoms with E-state index in [0.29, 0.717) is 6.42 Å². The average Bonchev–Trinajstić information content (AvgIpc) is 2.70. The van der Waals surface area contributed by atoms with E-state index < -0.39 is 7.92 Å². The summed E-state index contributed by atoms with van der Waals surface area (Å²) in [5, 5.41) is 3.81. The molecule has 0 fully saturated rings. The van der Waals surface area contributed by atoms with Crippen molar-refractivity contribution in [3.05, 3.63) is 90.5 Å². The third-order valence-corrected chi connectivity index (χ3v) is 6.76. The Morgan fingerprint density at radius 3 is 1.88 bits per heavy atom. The van der Waals surface area contributed by atoms with Crippen LogP contribution in [0.2, 0.25) is 0 Å². The number of carbonyl (C=O) groups excluding carboxylic acids is 1. The van der Waals surface area contributed by atoms with E-state index in [1.807, 2.05) is 32.0 Å². The average molecular weight is 362 g/mol. The predicted molar refractivity (Wildman–Crippen MR) is 110 cm³/mol. The summed E-state index contributed by atoms with van der Waals surface area (Å²) < 4.78 is 5.62. The molecule has 0 heterocycles. The molecule has 1 atom stereocenters. The standard InChI is InChI=1S/C23H23O2P/c1-3-23(24)25-18(2)21-16-10-11-17-22(21)26(19-12-6-4-7-13-19)20-14-8-5-9-15-20/h4-18H,3H2,1-2H3/t18-/m0/s1. The molecule has 0 amide bonds. The van der Waals surface area contributed by atoms with Crippen LogP contribution >= 0.6 is 7.92 Å². The SMILES string of the molecule is CCC(=O)O[C@@H](C)c1ccccc1P(c1ccccc1)c1ccccc1. The Hall–Kier alpha value is -2.44. The predicted octanol–water partition coefficient (Wildman–Crippen LogP) is 4.46. The summed E-state index contributed by atoms with van der Waals surface area (Å²) in [6.07, 6.45) is 0.120. The zero-order valence-corrected chi connectivity index (χ0v) is 16.0. The largest absolute Gasteiger partial charge is 0.458 e. The first-order valence-electron chi connectivity index (χ1n) is 8.89. The zero-order chi connectivity index (χ0) is 18.4. The van der Waals surface area contributed by atoms with Gasteiger partial charge in [0.1, 0.15) is 6.10 Å². The minimum Gasteiger partial charge on any atom is -0.458 e. The fourth-order valence-electron chi connectivity index (χ4n) is 2.96. The second kappa shape index (κ2) is 8.78. The maximum Gasteiger partial charge on any atom is 0.306 e. The Kier molecular flexibility index (Phi) is 6.20. The van der Waals surface area contributed by atoms with Crippen LogP contribution in [-0.4, -0.2) is 5.97 Å². The molecule has 0 aliphatic heterocycles. The molecule has 132 valence electrons. The first-order chi connectivity index (χ1) is 12.7. The lowest BCUT2D eigenvalue weighted by Gasteiger charge is -2.24. The van der Waals surface area contributed by atoms with Crippen molar-refractivity contribution in [3.63, 3.8) is 0 Å². The highest BCUT2D eigenvalue weighted by molar-refractivity contribution is 7.79. The molecular weight excluding hydrogens is 339 g/mol. The Labute approximate surface area is 156 Å². The Balaban J connectivity index is 2.09. The highest BCUT2D eigenvalue weighted by atomic mass is 31.1. The number of hydrogen-bond donors (Lipinski definition) is 0. The zero-order valence-electron chi connectivity index (χ0n) is 15.1. The summed E-state index contributed by atoms with van der Waals surface area (Å²) in [5.41, 5.74) is 1.08. The van der Waals surface area contributed by atoms with Crippen LogP contribution in [0.15, 0.2) is 84.9 Å². The van der Waals surface area contributed by atoms with Crippen molar-refractivity contribution in [1.29, 1.82) is 0 Å². The minimum atomic E-state index is -0.720. The van der Waals surface area contributed by atoms with Gasteiger partial charge < -0.3 is 4.74 Å². The number of rotatable bonds is 6. The molecule has 2 nitrogen and oxygen atoms in total. The van der Waals surface area contributed by atoms with Gasteiger partial charge in [-0.2, -0.15) is 0 Å². The second-order valence-corrected chi connectivity index (χ2v) is 8.24. The van der Waals surface area contributed by atoms with Gasteiger partial charge in [-0.05, 0) is 30.8 Å². The summed E-state index contributed by atoms with van der Waals surface area (Å²) in [6, 6.07) is 29.4. The van der Waals surface area contributed by atoms with Gasteiger partial charge in [-0.25, -0.2) is 0 Å². The van der Waals surface area contributed by atoms with Crippen LogP contribution in [0.5, 0.6) is 0 Å².